The quantitative estimate of drug-likeness (QED) is 0.781. The zero-order valence-corrected chi connectivity index (χ0v) is 11.5. The molecule has 3 rings (SSSR count). The summed E-state index contributed by atoms with van der Waals surface area (Å²) in [5.74, 6) is -1.83. The fourth-order valence-electron chi connectivity index (χ4n) is 1.92. The van der Waals surface area contributed by atoms with Gasteiger partial charge in [-0.3, -0.25) is 0 Å². The molecule has 0 aliphatic rings. The van der Waals surface area contributed by atoms with Gasteiger partial charge in [0.15, 0.2) is 11.3 Å². The van der Waals surface area contributed by atoms with Crippen LogP contribution in [-0.2, 0) is 0 Å². The average Bonchev–Trinajstić information content (AvgIpc) is 2.77. The van der Waals surface area contributed by atoms with Crippen LogP contribution in [0, 0.1) is 5.82 Å². The topological polar surface area (TPSA) is 68.0 Å². The fraction of sp³-hybridized carbons (Fsp3) is 0. The molecule has 0 atom stereocenters. The molecule has 7 heteroatoms. The average molecular weight is 336 g/mol. The van der Waals surface area contributed by atoms with Gasteiger partial charge < -0.3 is 5.11 Å². The van der Waals surface area contributed by atoms with Gasteiger partial charge >= 0.3 is 5.97 Å². The molecule has 2 aromatic heterocycles. The van der Waals surface area contributed by atoms with Crippen LogP contribution < -0.4 is 0 Å². The van der Waals surface area contributed by atoms with Crippen LogP contribution in [0.4, 0.5) is 4.39 Å². The van der Waals surface area contributed by atoms with Gasteiger partial charge in [0.2, 0.25) is 0 Å². The second kappa shape index (κ2) is 4.68. The van der Waals surface area contributed by atoms with Crippen molar-refractivity contribution >= 4 is 32.9 Å². The summed E-state index contributed by atoms with van der Waals surface area (Å²) in [6, 6.07) is 8.27. The standard InChI is InChI=1S/C13H7BrFN3O2/c14-7-2-1-3-9(4-7)18-12-10(5-8(15)6-16-12)11(17-18)13(19)20/h1-6H,(H,19,20). The summed E-state index contributed by atoms with van der Waals surface area (Å²) in [4.78, 5) is 15.1. The van der Waals surface area contributed by atoms with E-state index in [1.807, 2.05) is 6.07 Å². The number of hydrogen-bond donors (Lipinski definition) is 1. The molecule has 0 aliphatic heterocycles. The largest absolute Gasteiger partial charge is 0.476 e. The van der Waals surface area contributed by atoms with E-state index < -0.39 is 11.8 Å². The molecule has 20 heavy (non-hydrogen) atoms. The Hall–Kier alpha value is -2.28. The molecule has 0 aliphatic carbocycles. The minimum atomic E-state index is -1.23. The molecule has 1 aromatic carbocycles. The van der Waals surface area contributed by atoms with Crippen LogP contribution in [0.15, 0.2) is 41.0 Å². The normalized spacial score (nSPS) is 10.9. The SMILES string of the molecule is O=C(O)c1nn(-c2cccc(Br)c2)c2ncc(F)cc12. The third-order valence-electron chi connectivity index (χ3n) is 2.74. The molecule has 0 bridgehead atoms. The molecule has 1 N–H and O–H groups in total. The maximum absolute atomic E-state index is 13.3. The van der Waals surface area contributed by atoms with E-state index >= 15 is 0 Å². The molecular weight excluding hydrogens is 329 g/mol. The Morgan fingerprint density at radius 1 is 1.35 bits per heavy atom. The van der Waals surface area contributed by atoms with Crippen molar-refractivity contribution in [3.63, 3.8) is 0 Å². The molecule has 0 radical (unpaired) electrons. The minimum Gasteiger partial charge on any atom is -0.476 e. The van der Waals surface area contributed by atoms with Crippen LogP contribution in [0.2, 0.25) is 0 Å². The van der Waals surface area contributed by atoms with E-state index in [4.69, 9.17) is 5.11 Å². The molecule has 0 unspecified atom stereocenters. The number of aromatic nitrogens is 3. The van der Waals surface area contributed by atoms with E-state index in [-0.39, 0.29) is 11.1 Å². The van der Waals surface area contributed by atoms with Gasteiger partial charge in [-0.2, -0.15) is 5.10 Å². The Bertz CT molecular complexity index is 832. The van der Waals surface area contributed by atoms with Gasteiger partial charge in [0.1, 0.15) is 5.82 Å². The number of carboxylic acids is 1. The first-order valence-electron chi connectivity index (χ1n) is 5.60. The summed E-state index contributed by atoms with van der Waals surface area (Å²) < 4.78 is 15.5. The number of fused-ring (bicyclic) bond motifs is 1. The highest BCUT2D eigenvalue weighted by Crippen LogP contribution is 2.23. The molecule has 5 nitrogen and oxygen atoms in total. The number of rotatable bonds is 2. The molecule has 100 valence electrons. The van der Waals surface area contributed by atoms with Crippen molar-refractivity contribution in [1.29, 1.82) is 0 Å². The lowest BCUT2D eigenvalue weighted by atomic mass is 10.2. The number of carbonyl (C=O) groups is 1. The van der Waals surface area contributed by atoms with Gasteiger partial charge in [0.25, 0.3) is 0 Å². The lowest BCUT2D eigenvalue weighted by Crippen LogP contribution is -2.01. The molecular formula is C13H7BrFN3O2. The van der Waals surface area contributed by atoms with E-state index in [1.165, 1.54) is 4.68 Å². The van der Waals surface area contributed by atoms with Gasteiger partial charge in [0, 0.05) is 4.47 Å². The van der Waals surface area contributed by atoms with E-state index in [0.717, 1.165) is 16.7 Å². The number of pyridine rings is 1. The van der Waals surface area contributed by atoms with Crippen LogP contribution in [-0.4, -0.2) is 25.8 Å². The van der Waals surface area contributed by atoms with E-state index in [1.54, 1.807) is 18.2 Å². The van der Waals surface area contributed by atoms with Crippen molar-refractivity contribution in [2.24, 2.45) is 0 Å². The van der Waals surface area contributed by atoms with E-state index in [0.29, 0.717) is 11.3 Å². The van der Waals surface area contributed by atoms with Gasteiger partial charge in [-0.1, -0.05) is 22.0 Å². The zero-order valence-electron chi connectivity index (χ0n) is 9.92. The Morgan fingerprint density at radius 3 is 2.85 bits per heavy atom. The number of benzene rings is 1. The number of aromatic carboxylic acids is 1. The molecule has 0 amide bonds. The first-order valence-corrected chi connectivity index (χ1v) is 6.39. The Balaban J connectivity index is 2.34. The van der Waals surface area contributed by atoms with Crippen LogP contribution >= 0.6 is 15.9 Å². The predicted molar refractivity (Wildman–Crippen MR) is 73.5 cm³/mol. The second-order valence-corrected chi connectivity index (χ2v) is 4.99. The van der Waals surface area contributed by atoms with Crippen molar-refractivity contribution < 1.29 is 14.3 Å². The fourth-order valence-corrected chi connectivity index (χ4v) is 2.31. The number of nitrogens with zero attached hydrogens (tertiary/aromatic N) is 3. The van der Waals surface area contributed by atoms with Crippen molar-refractivity contribution in [1.82, 2.24) is 14.8 Å². The lowest BCUT2D eigenvalue weighted by molar-refractivity contribution is 0.0692. The molecule has 0 fully saturated rings. The van der Waals surface area contributed by atoms with Crippen molar-refractivity contribution in [2.45, 2.75) is 0 Å². The number of carboxylic acid groups (broad SMARTS) is 1. The lowest BCUT2D eigenvalue weighted by Gasteiger charge is -2.02. The Kier molecular flexibility index (Phi) is 2.98. The van der Waals surface area contributed by atoms with Crippen molar-refractivity contribution in [3.05, 3.63) is 52.5 Å². The van der Waals surface area contributed by atoms with Crippen LogP contribution in [0.3, 0.4) is 0 Å². The Labute approximate surface area is 120 Å². The minimum absolute atomic E-state index is 0.164. The maximum Gasteiger partial charge on any atom is 0.357 e. The summed E-state index contributed by atoms with van der Waals surface area (Å²) in [5, 5.41) is 13.3. The molecule has 3 aromatic rings. The van der Waals surface area contributed by atoms with Gasteiger partial charge in [-0.15, -0.1) is 0 Å². The first kappa shape index (κ1) is 12.7. The number of hydrogen-bond acceptors (Lipinski definition) is 3. The predicted octanol–water partition coefficient (Wildman–Crippen LogP) is 3.02. The van der Waals surface area contributed by atoms with Gasteiger partial charge in [0.05, 0.1) is 17.3 Å². The molecule has 0 spiro atoms. The highest BCUT2D eigenvalue weighted by atomic mass is 79.9. The molecule has 0 saturated heterocycles. The third-order valence-corrected chi connectivity index (χ3v) is 3.24. The van der Waals surface area contributed by atoms with E-state index in [9.17, 15) is 9.18 Å². The first-order chi connectivity index (χ1) is 9.56. The molecule has 0 saturated carbocycles. The highest BCUT2D eigenvalue weighted by molar-refractivity contribution is 9.10. The third kappa shape index (κ3) is 2.05. The highest BCUT2D eigenvalue weighted by Gasteiger charge is 2.19. The Morgan fingerprint density at radius 2 is 2.15 bits per heavy atom. The smallest absolute Gasteiger partial charge is 0.357 e. The summed E-state index contributed by atoms with van der Waals surface area (Å²) >= 11 is 3.33. The zero-order chi connectivity index (χ0) is 14.3. The van der Waals surface area contributed by atoms with Crippen molar-refractivity contribution in [2.75, 3.05) is 0 Å². The number of halogens is 2. The van der Waals surface area contributed by atoms with Crippen LogP contribution in [0.25, 0.3) is 16.7 Å². The summed E-state index contributed by atoms with van der Waals surface area (Å²) in [6.45, 7) is 0. The van der Waals surface area contributed by atoms with Crippen LogP contribution in [0.5, 0.6) is 0 Å². The summed E-state index contributed by atoms with van der Waals surface area (Å²) in [7, 11) is 0. The second-order valence-electron chi connectivity index (χ2n) is 4.07. The van der Waals surface area contributed by atoms with Gasteiger partial charge in [-0.25, -0.2) is 18.9 Å². The summed E-state index contributed by atoms with van der Waals surface area (Å²) in [5.41, 5.74) is 0.699. The summed E-state index contributed by atoms with van der Waals surface area (Å²) in [6.07, 6.45) is 1.03. The van der Waals surface area contributed by atoms with Crippen LogP contribution in [0.1, 0.15) is 10.5 Å². The molecule has 2 heterocycles. The monoisotopic (exact) mass is 335 g/mol. The van der Waals surface area contributed by atoms with Gasteiger partial charge in [-0.05, 0) is 24.3 Å². The maximum atomic E-state index is 13.3. The van der Waals surface area contributed by atoms with Crippen molar-refractivity contribution in [3.8, 4) is 5.69 Å². The van der Waals surface area contributed by atoms with E-state index in [2.05, 4.69) is 26.0 Å².